The van der Waals surface area contributed by atoms with Crippen LogP contribution in [0.25, 0.3) is 0 Å². The van der Waals surface area contributed by atoms with E-state index in [1.165, 1.54) is 0 Å². The highest BCUT2D eigenvalue weighted by molar-refractivity contribution is 5.89. The summed E-state index contributed by atoms with van der Waals surface area (Å²) in [6, 6.07) is 0. The van der Waals surface area contributed by atoms with Crippen molar-refractivity contribution in [2.24, 2.45) is 5.92 Å². The molecular weight excluding hydrogens is 234 g/mol. The Morgan fingerprint density at radius 3 is 2.61 bits per heavy atom. The first-order valence-corrected chi connectivity index (χ1v) is 6.73. The first-order chi connectivity index (χ1) is 8.56. The Hall–Kier alpha value is -1.10. The molecule has 0 aromatic carbocycles. The van der Waals surface area contributed by atoms with Gasteiger partial charge >= 0.3 is 5.97 Å². The number of aliphatic carboxylic acids is 1. The number of carbonyl (C=O) groups is 2. The van der Waals surface area contributed by atoms with Gasteiger partial charge in [-0.05, 0) is 31.6 Å². The maximum absolute atomic E-state index is 12.1. The summed E-state index contributed by atoms with van der Waals surface area (Å²) in [5, 5.41) is 12.3. The normalized spacial score (nSPS) is 36.3. The minimum Gasteiger partial charge on any atom is -0.479 e. The molecule has 2 fully saturated rings. The van der Waals surface area contributed by atoms with Crippen LogP contribution in [-0.4, -0.2) is 35.2 Å². The first-order valence-electron chi connectivity index (χ1n) is 6.73. The monoisotopic (exact) mass is 255 g/mol. The fourth-order valence-electron chi connectivity index (χ4n) is 2.99. The summed E-state index contributed by atoms with van der Waals surface area (Å²) in [5.41, 5.74) is -1.10. The third-order valence-corrected chi connectivity index (χ3v) is 4.25. The predicted octanol–water partition coefficient (Wildman–Crippen LogP) is 1.32. The van der Waals surface area contributed by atoms with Gasteiger partial charge in [0.05, 0.1) is 0 Å². The Balaban J connectivity index is 2.10. The largest absolute Gasteiger partial charge is 0.479 e. The van der Waals surface area contributed by atoms with Crippen molar-refractivity contribution < 1.29 is 19.4 Å². The number of rotatable bonds is 3. The molecule has 1 aliphatic carbocycles. The van der Waals surface area contributed by atoms with Gasteiger partial charge in [-0.25, -0.2) is 4.79 Å². The number of ether oxygens (including phenoxy) is 1. The molecule has 5 heteroatoms. The van der Waals surface area contributed by atoms with Crippen LogP contribution in [0, 0.1) is 5.92 Å². The lowest BCUT2D eigenvalue weighted by atomic mass is 9.73. The Kier molecular flexibility index (Phi) is 3.90. The van der Waals surface area contributed by atoms with E-state index in [-0.39, 0.29) is 11.8 Å². The standard InChI is InChI=1S/C13H21NO4/c1-9-5-2-3-7-13(9,12(16)17)14-11(15)10-6-4-8-18-10/h9-10H,2-8H2,1H3,(H,14,15)(H,16,17)/t9?,10-,13?/m0/s1. The molecule has 0 aromatic rings. The van der Waals surface area contributed by atoms with Crippen molar-refractivity contribution in [3.63, 3.8) is 0 Å². The lowest BCUT2D eigenvalue weighted by Crippen LogP contribution is -2.61. The SMILES string of the molecule is CC1CCCCC1(NC(=O)[C@@H]1CCCO1)C(=O)O. The maximum Gasteiger partial charge on any atom is 0.329 e. The second kappa shape index (κ2) is 5.26. The van der Waals surface area contributed by atoms with Crippen molar-refractivity contribution in [1.29, 1.82) is 0 Å². The number of carbonyl (C=O) groups excluding carboxylic acids is 1. The molecule has 1 aliphatic heterocycles. The Morgan fingerprint density at radius 2 is 2.06 bits per heavy atom. The van der Waals surface area contributed by atoms with Crippen LogP contribution in [0.5, 0.6) is 0 Å². The van der Waals surface area contributed by atoms with E-state index in [1.54, 1.807) is 0 Å². The van der Waals surface area contributed by atoms with Crippen LogP contribution >= 0.6 is 0 Å². The molecule has 2 N–H and O–H groups in total. The molecule has 1 amide bonds. The van der Waals surface area contributed by atoms with E-state index in [4.69, 9.17) is 4.74 Å². The molecule has 1 saturated heterocycles. The highest BCUT2D eigenvalue weighted by Gasteiger charge is 2.47. The van der Waals surface area contributed by atoms with Crippen LogP contribution in [0.3, 0.4) is 0 Å². The number of carboxylic acid groups (broad SMARTS) is 1. The summed E-state index contributed by atoms with van der Waals surface area (Å²) in [6.45, 7) is 2.50. The average molecular weight is 255 g/mol. The molecule has 1 saturated carbocycles. The van der Waals surface area contributed by atoms with Crippen LogP contribution in [0.4, 0.5) is 0 Å². The first kappa shape index (κ1) is 13.3. The van der Waals surface area contributed by atoms with E-state index >= 15 is 0 Å². The molecule has 0 aromatic heterocycles. The summed E-state index contributed by atoms with van der Waals surface area (Å²) in [7, 11) is 0. The van der Waals surface area contributed by atoms with Gasteiger partial charge in [0.1, 0.15) is 11.6 Å². The lowest BCUT2D eigenvalue weighted by Gasteiger charge is -2.40. The summed E-state index contributed by atoms with van der Waals surface area (Å²) in [4.78, 5) is 23.7. The molecule has 0 bridgehead atoms. The van der Waals surface area contributed by atoms with E-state index < -0.39 is 17.6 Å². The van der Waals surface area contributed by atoms with Crippen molar-refractivity contribution in [2.45, 2.75) is 57.1 Å². The lowest BCUT2D eigenvalue weighted by molar-refractivity contribution is -0.153. The zero-order valence-corrected chi connectivity index (χ0v) is 10.8. The molecule has 5 nitrogen and oxygen atoms in total. The summed E-state index contributed by atoms with van der Waals surface area (Å²) < 4.78 is 5.31. The van der Waals surface area contributed by atoms with Gasteiger partial charge in [0.2, 0.25) is 5.91 Å². The molecule has 1 heterocycles. The van der Waals surface area contributed by atoms with E-state index in [1.807, 2.05) is 6.92 Å². The molecule has 2 unspecified atom stereocenters. The number of nitrogens with one attached hydrogen (secondary N) is 1. The molecule has 2 rings (SSSR count). The third kappa shape index (κ3) is 2.36. The molecule has 102 valence electrons. The smallest absolute Gasteiger partial charge is 0.329 e. The van der Waals surface area contributed by atoms with Gasteiger partial charge in [-0.2, -0.15) is 0 Å². The quantitative estimate of drug-likeness (QED) is 0.797. The zero-order valence-electron chi connectivity index (χ0n) is 10.8. The van der Waals surface area contributed by atoms with Crippen LogP contribution in [-0.2, 0) is 14.3 Å². The zero-order chi connectivity index (χ0) is 13.2. The third-order valence-electron chi connectivity index (χ3n) is 4.25. The fourth-order valence-corrected chi connectivity index (χ4v) is 2.99. The van der Waals surface area contributed by atoms with E-state index in [2.05, 4.69) is 5.32 Å². The Morgan fingerprint density at radius 1 is 1.28 bits per heavy atom. The average Bonchev–Trinajstić information content (AvgIpc) is 2.85. The fraction of sp³-hybridized carbons (Fsp3) is 0.846. The summed E-state index contributed by atoms with van der Waals surface area (Å²) in [5.74, 6) is -1.21. The Labute approximate surface area is 107 Å². The molecule has 0 spiro atoms. The van der Waals surface area contributed by atoms with Crippen molar-refractivity contribution in [3.8, 4) is 0 Å². The van der Waals surface area contributed by atoms with Gasteiger partial charge in [0.15, 0.2) is 0 Å². The predicted molar refractivity (Wildman–Crippen MR) is 65.1 cm³/mol. The second-order valence-electron chi connectivity index (χ2n) is 5.41. The van der Waals surface area contributed by atoms with Gasteiger partial charge in [0.25, 0.3) is 0 Å². The van der Waals surface area contributed by atoms with Gasteiger partial charge in [0, 0.05) is 6.61 Å². The highest BCUT2D eigenvalue weighted by atomic mass is 16.5. The number of amides is 1. The highest BCUT2D eigenvalue weighted by Crippen LogP contribution is 2.34. The van der Waals surface area contributed by atoms with E-state index in [0.29, 0.717) is 19.4 Å². The topological polar surface area (TPSA) is 75.6 Å². The molecule has 3 atom stereocenters. The summed E-state index contributed by atoms with van der Waals surface area (Å²) in [6.07, 6.45) is 4.34. The minimum absolute atomic E-state index is 0.0332. The minimum atomic E-state index is -1.10. The van der Waals surface area contributed by atoms with Gasteiger partial charge in [-0.3, -0.25) is 4.79 Å². The number of hydrogen-bond acceptors (Lipinski definition) is 3. The molecule has 2 aliphatic rings. The van der Waals surface area contributed by atoms with Crippen LogP contribution in [0.1, 0.15) is 45.4 Å². The van der Waals surface area contributed by atoms with E-state index in [0.717, 1.165) is 25.7 Å². The van der Waals surface area contributed by atoms with Gasteiger partial charge < -0.3 is 15.2 Å². The van der Waals surface area contributed by atoms with Gasteiger partial charge in [-0.1, -0.05) is 19.8 Å². The van der Waals surface area contributed by atoms with Crippen molar-refractivity contribution in [3.05, 3.63) is 0 Å². The molecular formula is C13H21NO4. The van der Waals surface area contributed by atoms with Crippen LogP contribution in [0.2, 0.25) is 0 Å². The second-order valence-corrected chi connectivity index (χ2v) is 5.41. The number of carboxylic acids is 1. The van der Waals surface area contributed by atoms with Crippen molar-refractivity contribution in [1.82, 2.24) is 5.32 Å². The molecule has 18 heavy (non-hydrogen) atoms. The summed E-state index contributed by atoms with van der Waals surface area (Å²) >= 11 is 0. The van der Waals surface area contributed by atoms with E-state index in [9.17, 15) is 14.7 Å². The molecule has 0 radical (unpaired) electrons. The Bertz CT molecular complexity index is 338. The number of hydrogen-bond donors (Lipinski definition) is 2. The maximum atomic E-state index is 12.1. The van der Waals surface area contributed by atoms with Crippen molar-refractivity contribution in [2.75, 3.05) is 6.61 Å². The van der Waals surface area contributed by atoms with Crippen LogP contribution < -0.4 is 5.32 Å². The van der Waals surface area contributed by atoms with Gasteiger partial charge in [-0.15, -0.1) is 0 Å². The van der Waals surface area contributed by atoms with Crippen molar-refractivity contribution >= 4 is 11.9 Å². The van der Waals surface area contributed by atoms with Crippen LogP contribution in [0.15, 0.2) is 0 Å².